The first-order chi connectivity index (χ1) is 16.0. The first-order valence-corrected chi connectivity index (χ1v) is 10.8. The maximum absolute atomic E-state index is 13.3. The number of ether oxygens (including phenoxy) is 2. The van der Waals surface area contributed by atoms with Crippen molar-refractivity contribution in [2.75, 3.05) is 19.1 Å². The summed E-state index contributed by atoms with van der Waals surface area (Å²) in [5.74, 6) is 0.591. The van der Waals surface area contributed by atoms with Crippen LogP contribution in [0.2, 0.25) is 0 Å². The van der Waals surface area contributed by atoms with E-state index < -0.39 is 11.9 Å². The second-order valence-electron chi connectivity index (χ2n) is 7.92. The zero-order valence-electron chi connectivity index (χ0n) is 19.0. The molecule has 3 aromatic carbocycles. The molecule has 1 heterocycles. The van der Waals surface area contributed by atoms with E-state index in [4.69, 9.17) is 9.47 Å². The lowest BCUT2D eigenvalue weighted by Gasteiger charge is -2.28. The fraction of sp³-hybridized carbons (Fsp3) is 0.179. The minimum Gasteiger partial charge on any atom is -0.503 e. The molecule has 33 heavy (non-hydrogen) atoms. The van der Waals surface area contributed by atoms with E-state index in [2.05, 4.69) is 0 Å². The number of anilines is 1. The van der Waals surface area contributed by atoms with Crippen molar-refractivity contribution in [3.05, 3.63) is 107 Å². The number of aliphatic hydroxyl groups is 1. The first-order valence-electron chi connectivity index (χ1n) is 10.8. The van der Waals surface area contributed by atoms with Gasteiger partial charge in [0.25, 0.3) is 5.91 Å². The van der Waals surface area contributed by atoms with E-state index in [9.17, 15) is 9.90 Å². The van der Waals surface area contributed by atoms with Gasteiger partial charge in [0.2, 0.25) is 0 Å². The van der Waals surface area contributed by atoms with Crippen molar-refractivity contribution in [1.82, 2.24) is 0 Å². The third-order valence-corrected chi connectivity index (χ3v) is 5.78. The molecule has 0 aliphatic carbocycles. The SMILES string of the molecule is COc1ccc(C2C(CC=Cc3ccccc3)=C(O)C(=O)N2c2cccc(C)c2)c(OC)c1. The molecule has 1 aliphatic heterocycles. The van der Waals surface area contributed by atoms with Crippen LogP contribution in [0.3, 0.4) is 0 Å². The minimum absolute atomic E-state index is 0.225. The molecule has 5 nitrogen and oxygen atoms in total. The number of hydrogen-bond donors (Lipinski definition) is 1. The van der Waals surface area contributed by atoms with Crippen molar-refractivity contribution >= 4 is 17.7 Å². The Morgan fingerprint density at radius 2 is 1.76 bits per heavy atom. The van der Waals surface area contributed by atoms with Gasteiger partial charge in [-0.05, 0) is 48.7 Å². The van der Waals surface area contributed by atoms with Gasteiger partial charge in [-0.3, -0.25) is 9.69 Å². The average molecular weight is 442 g/mol. The number of allylic oxidation sites excluding steroid dienone is 1. The van der Waals surface area contributed by atoms with Gasteiger partial charge in [-0.2, -0.15) is 0 Å². The number of aliphatic hydroxyl groups excluding tert-OH is 1. The van der Waals surface area contributed by atoms with Gasteiger partial charge in [-0.15, -0.1) is 0 Å². The lowest BCUT2D eigenvalue weighted by Crippen LogP contribution is -2.30. The van der Waals surface area contributed by atoms with Crippen LogP contribution in [0.15, 0.2) is 90.2 Å². The van der Waals surface area contributed by atoms with E-state index >= 15 is 0 Å². The Kier molecular flexibility index (Phi) is 6.50. The van der Waals surface area contributed by atoms with Gasteiger partial charge in [0, 0.05) is 22.9 Å². The Bertz CT molecular complexity index is 1210. The summed E-state index contributed by atoms with van der Waals surface area (Å²) in [4.78, 5) is 14.9. The van der Waals surface area contributed by atoms with Crippen LogP contribution < -0.4 is 14.4 Å². The lowest BCUT2D eigenvalue weighted by molar-refractivity contribution is -0.117. The van der Waals surface area contributed by atoms with E-state index in [1.54, 1.807) is 25.2 Å². The van der Waals surface area contributed by atoms with Gasteiger partial charge < -0.3 is 14.6 Å². The van der Waals surface area contributed by atoms with Crippen LogP contribution in [-0.2, 0) is 4.79 Å². The Labute approximate surface area is 194 Å². The minimum atomic E-state index is -0.513. The normalized spacial score (nSPS) is 16.0. The molecule has 0 saturated heterocycles. The van der Waals surface area contributed by atoms with E-state index in [0.717, 1.165) is 22.4 Å². The molecule has 168 valence electrons. The van der Waals surface area contributed by atoms with E-state index in [0.29, 0.717) is 23.5 Å². The van der Waals surface area contributed by atoms with Crippen LogP contribution >= 0.6 is 0 Å². The monoisotopic (exact) mass is 441 g/mol. The predicted octanol–water partition coefficient (Wildman–Crippen LogP) is 6.02. The zero-order valence-corrected chi connectivity index (χ0v) is 19.0. The fourth-order valence-corrected chi connectivity index (χ4v) is 4.16. The van der Waals surface area contributed by atoms with E-state index in [-0.39, 0.29) is 5.76 Å². The number of hydrogen-bond acceptors (Lipinski definition) is 4. The third kappa shape index (κ3) is 4.48. The summed E-state index contributed by atoms with van der Waals surface area (Å²) in [7, 11) is 3.18. The number of rotatable bonds is 7. The fourth-order valence-electron chi connectivity index (χ4n) is 4.16. The highest BCUT2D eigenvalue weighted by molar-refractivity contribution is 6.08. The second-order valence-corrected chi connectivity index (χ2v) is 7.92. The number of benzene rings is 3. The summed E-state index contributed by atoms with van der Waals surface area (Å²) >= 11 is 0. The van der Waals surface area contributed by atoms with Gasteiger partial charge in [0.15, 0.2) is 5.76 Å². The Balaban J connectivity index is 1.80. The van der Waals surface area contributed by atoms with Gasteiger partial charge in [-0.1, -0.05) is 54.6 Å². The molecule has 1 N–H and O–H groups in total. The summed E-state index contributed by atoms with van der Waals surface area (Å²) in [6.07, 6.45) is 4.37. The number of methoxy groups -OCH3 is 2. The Hall–Kier alpha value is -3.99. The number of carbonyl (C=O) groups excluding carboxylic acids is 1. The molecule has 1 amide bonds. The molecule has 1 atom stereocenters. The topological polar surface area (TPSA) is 59.0 Å². The lowest BCUT2D eigenvalue weighted by atomic mass is 9.95. The third-order valence-electron chi connectivity index (χ3n) is 5.78. The number of amides is 1. The smallest absolute Gasteiger partial charge is 0.293 e. The molecular formula is C28H27NO4. The largest absolute Gasteiger partial charge is 0.503 e. The van der Waals surface area contributed by atoms with Crippen LogP contribution in [-0.4, -0.2) is 25.2 Å². The summed E-state index contributed by atoms with van der Waals surface area (Å²) in [6.45, 7) is 1.98. The van der Waals surface area contributed by atoms with Crippen molar-refractivity contribution in [1.29, 1.82) is 0 Å². The zero-order chi connectivity index (χ0) is 23.4. The summed E-state index contributed by atoms with van der Waals surface area (Å²) < 4.78 is 11.0. The van der Waals surface area contributed by atoms with Crippen molar-refractivity contribution < 1.29 is 19.4 Å². The maximum Gasteiger partial charge on any atom is 0.293 e. The molecule has 5 heteroatoms. The van der Waals surface area contributed by atoms with Gasteiger partial charge in [0.1, 0.15) is 11.5 Å². The standard InChI is InChI=1S/C28H27NO4/c1-19-9-7-13-21(17-19)29-26(23-16-15-22(32-2)18-25(23)33-3)24(27(30)28(29)31)14-8-12-20-10-5-4-6-11-20/h4-13,15-18,26,30H,14H2,1-3H3. The molecule has 3 aromatic rings. The molecule has 1 unspecified atom stereocenters. The Morgan fingerprint density at radius 3 is 2.45 bits per heavy atom. The Morgan fingerprint density at radius 1 is 0.970 bits per heavy atom. The molecule has 0 aromatic heterocycles. The number of aryl methyl sites for hydroxylation is 1. The molecule has 0 saturated carbocycles. The van der Waals surface area contributed by atoms with Crippen molar-refractivity contribution in [2.45, 2.75) is 19.4 Å². The number of nitrogens with zero attached hydrogens (tertiary/aromatic N) is 1. The molecule has 0 spiro atoms. The van der Waals surface area contributed by atoms with Crippen molar-refractivity contribution in [2.24, 2.45) is 0 Å². The van der Waals surface area contributed by atoms with E-state index in [1.807, 2.05) is 85.8 Å². The molecule has 1 aliphatic rings. The van der Waals surface area contributed by atoms with Crippen LogP contribution in [0.25, 0.3) is 6.08 Å². The maximum atomic E-state index is 13.3. The van der Waals surface area contributed by atoms with Crippen molar-refractivity contribution in [3.63, 3.8) is 0 Å². The van der Waals surface area contributed by atoms with Gasteiger partial charge in [-0.25, -0.2) is 0 Å². The summed E-state index contributed by atoms with van der Waals surface area (Å²) in [6, 6.07) is 22.6. The van der Waals surface area contributed by atoms with Gasteiger partial charge in [0.05, 0.1) is 20.3 Å². The molecule has 4 rings (SSSR count). The highest BCUT2D eigenvalue weighted by Gasteiger charge is 2.42. The quantitative estimate of drug-likeness (QED) is 0.487. The molecule has 0 bridgehead atoms. The van der Waals surface area contributed by atoms with Crippen LogP contribution in [0, 0.1) is 6.92 Å². The summed E-state index contributed by atoms with van der Waals surface area (Å²) in [5.41, 5.74) is 4.20. The summed E-state index contributed by atoms with van der Waals surface area (Å²) in [5, 5.41) is 10.9. The van der Waals surface area contributed by atoms with Crippen LogP contribution in [0.1, 0.15) is 29.2 Å². The molecular weight excluding hydrogens is 414 g/mol. The second kappa shape index (κ2) is 9.65. The molecule has 0 fully saturated rings. The number of carbonyl (C=O) groups is 1. The van der Waals surface area contributed by atoms with Crippen LogP contribution in [0.5, 0.6) is 11.5 Å². The van der Waals surface area contributed by atoms with E-state index in [1.165, 1.54) is 0 Å². The highest BCUT2D eigenvalue weighted by atomic mass is 16.5. The highest BCUT2D eigenvalue weighted by Crippen LogP contribution is 2.45. The van der Waals surface area contributed by atoms with Crippen molar-refractivity contribution in [3.8, 4) is 11.5 Å². The predicted molar refractivity (Wildman–Crippen MR) is 131 cm³/mol. The average Bonchev–Trinajstić information content (AvgIpc) is 3.09. The van der Waals surface area contributed by atoms with Gasteiger partial charge >= 0.3 is 0 Å². The first kappa shape index (κ1) is 22.2. The van der Waals surface area contributed by atoms with Crippen LogP contribution in [0.4, 0.5) is 5.69 Å². The molecule has 0 radical (unpaired) electrons.